The number of hydrogen-bond donors (Lipinski definition) is 0. The minimum atomic E-state index is -0.695. The molecule has 0 spiro atoms. The molecule has 0 N–H and O–H groups in total. The number of carbonyl (C=O) groups excluding carboxylic acids is 3. The summed E-state index contributed by atoms with van der Waals surface area (Å²) in [6, 6.07) is 5.83. The summed E-state index contributed by atoms with van der Waals surface area (Å²) in [5.41, 5.74) is 8.78. The van der Waals surface area contributed by atoms with E-state index in [9.17, 15) is 14.4 Å². The van der Waals surface area contributed by atoms with Crippen LogP contribution in [0.5, 0.6) is 0 Å². The molecule has 0 radical (unpaired) electrons. The molecule has 0 saturated heterocycles. The summed E-state index contributed by atoms with van der Waals surface area (Å²) in [6.07, 6.45) is 0.219. The minimum Gasteiger partial charge on any atom is -0.460 e. The number of esters is 1. The van der Waals surface area contributed by atoms with Crippen LogP contribution in [0.3, 0.4) is 0 Å². The molecule has 2 amide bonds. The number of fused-ring (bicyclic) bond motifs is 1. The van der Waals surface area contributed by atoms with Crippen LogP contribution in [0.2, 0.25) is 0 Å². The molecule has 25 heavy (non-hydrogen) atoms. The molecule has 132 valence electrons. The monoisotopic (exact) mass is 344 g/mol. The van der Waals surface area contributed by atoms with E-state index in [1.807, 2.05) is 0 Å². The van der Waals surface area contributed by atoms with Gasteiger partial charge in [-0.15, -0.1) is 0 Å². The zero-order valence-electron chi connectivity index (χ0n) is 14.4. The van der Waals surface area contributed by atoms with Crippen molar-refractivity contribution >= 4 is 17.8 Å². The number of nitrogens with zero attached hydrogens (tertiary/aromatic N) is 4. The lowest BCUT2D eigenvalue weighted by Crippen LogP contribution is -2.36. The predicted molar refractivity (Wildman–Crippen MR) is 89.8 cm³/mol. The summed E-state index contributed by atoms with van der Waals surface area (Å²) >= 11 is 0. The van der Waals surface area contributed by atoms with E-state index >= 15 is 0 Å². The number of imide groups is 1. The molecule has 1 aromatic rings. The van der Waals surface area contributed by atoms with Gasteiger partial charge >= 0.3 is 5.97 Å². The summed E-state index contributed by atoms with van der Waals surface area (Å²) in [5.74, 6) is -1.26. The Morgan fingerprint density at radius 1 is 1.24 bits per heavy atom. The number of benzene rings is 1. The first-order valence-corrected chi connectivity index (χ1v) is 7.94. The fourth-order valence-corrected chi connectivity index (χ4v) is 2.55. The lowest BCUT2D eigenvalue weighted by atomic mass is 10.1. The molecule has 0 aromatic heterocycles. The molecule has 2 rings (SSSR count). The number of azide groups is 1. The first-order valence-electron chi connectivity index (χ1n) is 7.94. The number of carbonyl (C=O) groups is 3. The largest absolute Gasteiger partial charge is 0.460 e. The van der Waals surface area contributed by atoms with E-state index in [-0.39, 0.29) is 19.4 Å². The molecule has 0 fully saturated rings. The third kappa shape index (κ3) is 4.58. The molecule has 1 aliphatic rings. The molecule has 8 heteroatoms. The molecule has 0 aliphatic carbocycles. The SMILES string of the molecule is CC(C)(C)OC(=O)CC[C@@H](CN1C(=O)c2ccccc2C1=O)N=[N+]=[N-]. The summed E-state index contributed by atoms with van der Waals surface area (Å²) in [6.45, 7) is 5.21. The maximum atomic E-state index is 12.4. The van der Waals surface area contributed by atoms with Crippen LogP contribution in [0.1, 0.15) is 54.3 Å². The maximum Gasteiger partial charge on any atom is 0.306 e. The highest BCUT2D eigenvalue weighted by Crippen LogP contribution is 2.23. The van der Waals surface area contributed by atoms with E-state index in [0.717, 1.165) is 4.90 Å². The number of ether oxygens (including phenoxy) is 1. The summed E-state index contributed by atoms with van der Waals surface area (Å²) in [7, 11) is 0. The second kappa shape index (κ2) is 7.36. The molecule has 1 aliphatic heterocycles. The van der Waals surface area contributed by atoms with Crippen molar-refractivity contribution in [3.63, 3.8) is 0 Å². The molecular weight excluding hydrogens is 324 g/mol. The molecule has 0 saturated carbocycles. The van der Waals surface area contributed by atoms with E-state index in [0.29, 0.717) is 11.1 Å². The Labute approximate surface area is 145 Å². The van der Waals surface area contributed by atoms with Gasteiger partial charge < -0.3 is 4.74 Å². The van der Waals surface area contributed by atoms with Crippen LogP contribution < -0.4 is 0 Å². The van der Waals surface area contributed by atoms with E-state index in [1.165, 1.54) is 0 Å². The van der Waals surface area contributed by atoms with Crippen LogP contribution in [0.25, 0.3) is 10.4 Å². The van der Waals surface area contributed by atoms with Crippen molar-refractivity contribution in [3.05, 3.63) is 45.8 Å². The average molecular weight is 344 g/mol. The van der Waals surface area contributed by atoms with Crippen molar-refractivity contribution in [1.29, 1.82) is 0 Å². The van der Waals surface area contributed by atoms with Gasteiger partial charge in [-0.25, -0.2) is 0 Å². The van der Waals surface area contributed by atoms with Gasteiger partial charge in [0, 0.05) is 17.9 Å². The molecule has 1 aromatic carbocycles. The van der Waals surface area contributed by atoms with E-state index < -0.39 is 29.4 Å². The smallest absolute Gasteiger partial charge is 0.306 e. The van der Waals surface area contributed by atoms with Crippen LogP contribution in [0, 0.1) is 0 Å². The Hall–Kier alpha value is -2.86. The van der Waals surface area contributed by atoms with Crippen LogP contribution in [0.15, 0.2) is 29.4 Å². The Bertz CT molecular complexity index is 712. The van der Waals surface area contributed by atoms with Crippen molar-refractivity contribution in [2.75, 3.05) is 6.54 Å². The third-order valence-electron chi connectivity index (χ3n) is 3.59. The quantitative estimate of drug-likeness (QED) is 0.259. The van der Waals surface area contributed by atoms with Gasteiger partial charge in [0.2, 0.25) is 0 Å². The normalized spacial score (nSPS) is 14.8. The minimum absolute atomic E-state index is 0.0319. The van der Waals surface area contributed by atoms with Gasteiger partial charge in [-0.2, -0.15) is 0 Å². The molecule has 0 bridgehead atoms. The zero-order valence-corrected chi connectivity index (χ0v) is 14.4. The molecule has 1 heterocycles. The van der Waals surface area contributed by atoms with Gasteiger partial charge in [-0.3, -0.25) is 19.3 Å². The highest BCUT2D eigenvalue weighted by atomic mass is 16.6. The van der Waals surface area contributed by atoms with E-state index in [2.05, 4.69) is 10.0 Å². The fraction of sp³-hybridized carbons (Fsp3) is 0.471. The van der Waals surface area contributed by atoms with Gasteiger partial charge in [0.15, 0.2) is 0 Å². The predicted octanol–water partition coefficient (Wildman–Crippen LogP) is 3.08. The van der Waals surface area contributed by atoms with Gasteiger partial charge in [0.1, 0.15) is 5.60 Å². The van der Waals surface area contributed by atoms with Crippen molar-refractivity contribution in [2.45, 2.75) is 45.3 Å². The highest BCUT2D eigenvalue weighted by Gasteiger charge is 2.36. The number of rotatable bonds is 6. The first-order chi connectivity index (χ1) is 11.7. The van der Waals surface area contributed by atoms with Crippen LogP contribution in [-0.4, -0.2) is 40.9 Å². The van der Waals surface area contributed by atoms with Gasteiger partial charge in [0.25, 0.3) is 11.8 Å². The Balaban J connectivity index is 2.03. The molecule has 1 atom stereocenters. The molecule has 8 nitrogen and oxygen atoms in total. The standard InChI is InChI=1S/C17H20N4O4/c1-17(2,3)25-14(22)9-8-11(19-20-18)10-21-15(23)12-6-4-5-7-13(12)16(21)24/h4-7,11H,8-10H2,1-3H3/t11-/m0/s1. The van der Waals surface area contributed by atoms with E-state index in [4.69, 9.17) is 10.3 Å². The van der Waals surface area contributed by atoms with Crippen LogP contribution in [-0.2, 0) is 9.53 Å². The lowest BCUT2D eigenvalue weighted by molar-refractivity contribution is -0.155. The van der Waals surface area contributed by atoms with Crippen molar-refractivity contribution in [2.24, 2.45) is 5.11 Å². The molecule has 0 unspecified atom stereocenters. The number of hydrogen-bond acceptors (Lipinski definition) is 5. The number of amides is 2. The summed E-state index contributed by atoms with van der Waals surface area (Å²) in [5, 5.41) is 3.61. The Morgan fingerprint density at radius 2 is 1.80 bits per heavy atom. The highest BCUT2D eigenvalue weighted by molar-refractivity contribution is 6.21. The lowest BCUT2D eigenvalue weighted by Gasteiger charge is -2.21. The second-order valence-electron chi connectivity index (χ2n) is 6.75. The molecular formula is C17H20N4O4. The topological polar surface area (TPSA) is 112 Å². The second-order valence-corrected chi connectivity index (χ2v) is 6.75. The summed E-state index contributed by atoms with van der Waals surface area (Å²) in [4.78, 5) is 40.3. The zero-order chi connectivity index (χ0) is 18.6. The van der Waals surface area contributed by atoms with Crippen LogP contribution in [0.4, 0.5) is 0 Å². The Morgan fingerprint density at radius 3 is 2.28 bits per heavy atom. The van der Waals surface area contributed by atoms with Crippen molar-refractivity contribution in [1.82, 2.24) is 4.90 Å². The van der Waals surface area contributed by atoms with E-state index in [1.54, 1.807) is 45.0 Å². The van der Waals surface area contributed by atoms with Gasteiger partial charge in [-0.1, -0.05) is 17.2 Å². The Kier molecular flexibility index (Phi) is 5.44. The van der Waals surface area contributed by atoms with Crippen LogP contribution >= 0.6 is 0 Å². The summed E-state index contributed by atoms with van der Waals surface area (Å²) < 4.78 is 5.21. The fourth-order valence-electron chi connectivity index (χ4n) is 2.55. The van der Waals surface area contributed by atoms with Crippen molar-refractivity contribution < 1.29 is 19.1 Å². The maximum absolute atomic E-state index is 12.4. The third-order valence-corrected chi connectivity index (χ3v) is 3.59. The van der Waals surface area contributed by atoms with Gasteiger partial charge in [-0.05, 0) is 44.9 Å². The average Bonchev–Trinajstić information content (AvgIpc) is 2.76. The van der Waals surface area contributed by atoms with Gasteiger partial charge in [0.05, 0.1) is 17.2 Å². The first kappa shape index (κ1) is 18.5. The van der Waals surface area contributed by atoms with Crippen molar-refractivity contribution in [3.8, 4) is 0 Å².